The molecule has 1 aromatic carbocycles. The average Bonchev–Trinajstić information content (AvgIpc) is 3.49. The number of amides is 3. The third-order valence-corrected chi connectivity index (χ3v) is 10.4. The van der Waals surface area contributed by atoms with Crippen molar-refractivity contribution >= 4 is 35.2 Å². The van der Waals surface area contributed by atoms with Gasteiger partial charge >= 0.3 is 0 Å². The second-order valence-electron chi connectivity index (χ2n) is 10.8. The lowest BCUT2D eigenvalue weighted by molar-refractivity contribution is -0.139. The molecule has 6 atom stereocenters. The molecule has 38 heavy (non-hydrogen) atoms. The SMILES string of the molecule is CCCCCNC(=O)C1N(CCCCCO)C(=O)[C@@H]2[C@@H](C(=O)Nc3ccc(OCC)cc3)[C@H]3CC(C)C12S3. The Morgan fingerprint density at radius 1 is 1.11 bits per heavy atom. The zero-order chi connectivity index (χ0) is 27.3. The van der Waals surface area contributed by atoms with Crippen LogP contribution in [0.25, 0.3) is 0 Å². The molecule has 4 rings (SSSR count). The first-order chi connectivity index (χ1) is 18.4. The van der Waals surface area contributed by atoms with Gasteiger partial charge in [-0.3, -0.25) is 14.4 Å². The Hall–Kier alpha value is -2.26. The van der Waals surface area contributed by atoms with Crippen LogP contribution in [0.4, 0.5) is 5.69 Å². The van der Waals surface area contributed by atoms with Gasteiger partial charge in [0.1, 0.15) is 11.8 Å². The number of aliphatic hydroxyl groups excluding tert-OH is 1. The highest BCUT2D eigenvalue weighted by Gasteiger charge is 2.75. The van der Waals surface area contributed by atoms with E-state index < -0.39 is 22.6 Å². The van der Waals surface area contributed by atoms with Crippen LogP contribution in [0.1, 0.15) is 65.7 Å². The molecule has 0 radical (unpaired) electrons. The molecule has 0 aromatic heterocycles. The Bertz CT molecular complexity index is 989. The van der Waals surface area contributed by atoms with E-state index in [1.807, 2.05) is 31.2 Å². The van der Waals surface area contributed by atoms with E-state index in [1.54, 1.807) is 16.7 Å². The Balaban J connectivity index is 1.57. The number of rotatable bonds is 14. The van der Waals surface area contributed by atoms with Crippen molar-refractivity contribution in [2.45, 2.75) is 81.8 Å². The number of fused-ring (bicyclic) bond motifs is 1. The quantitative estimate of drug-likeness (QED) is 0.307. The molecule has 0 saturated carbocycles. The third-order valence-electron chi connectivity index (χ3n) is 8.37. The van der Waals surface area contributed by atoms with Crippen molar-refractivity contribution in [3.05, 3.63) is 24.3 Å². The number of carbonyl (C=O) groups is 3. The van der Waals surface area contributed by atoms with Crippen LogP contribution in [-0.2, 0) is 14.4 Å². The monoisotopic (exact) mass is 545 g/mol. The number of unbranched alkanes of at least 4 members (excludes halogenated alkanes) is 4. The van der Waals surface area contributed by atoms with Crippen LogP contribution in [0.2, 0.25) is 0 Å². The summed E-state index contributed by atoms with van der Waals surface area (Å²) >= 11 is 1.70. The molecule has 1 aromatic rings. The topological polar surface area (TPSA) is 108 Å². The fourth-order valence-electron chi connectivity index (χ4n) is 6.64. The largest absolute Gasteiger partial charge is 0.494 e. The molecule has 3 N–H and O–H groups in total. The van der Waals surface area contributed by atoms with Crippen molar-refractivity contribution in [1.29, 1.82) is 0 Å². The molecule has 0 aliphatic carbocycles. The van der Waals surface area contributed by atoms with Crippen LogP contribution >= 0.6 is 11.8 Å². The third kappa shape index (κ3) is 5.41. The first-order valence-corrected chi connectivity index (χ1v) is 15.2. The number of hydrogen-bond donors (Lipinski definition) is 3. The number of nitrogens with one attached hydrogen (secondary N) is 2. The standard InChI is InChI=1S/C29H43N3O5S/c1-4-6-8-15-30-27(35)25-29-19(3)18-22(38-29)23(24(29)28(36)32(25)16-9-7-10-17-33)26(34)31-20-11-13-21(14-12-20)37-5-2/h11-14,19,22-25,33H,4-10,15-18H2,1-3H3,(H,30,35)(H,31,34)/t19?,22-,23+,24+,25?,29?/m1/s1. The van der Waals surface area contributed by atoms with Crippen LogP contribution in [-0.4, -0.2) is 70.1 Å². The van der Waals surface area contributed by atoms with E-state index in [9.17, 15) is 19.5 Å². The number of hydrogen-bond acceptors (Lipinski definition) is 6. The van der Waals surface area contributed by atoms with E-state index in [1.165, 1.54) is 0 Å². The molecule has 3 amide bonds. The van der Waals surface area contributed by atoms with Crippen molar-refractivity contribution in [3.8, 4) is 5.75 Å². The number of likely N-dealkylation sites (tertiary alicyclic amines) is 1. The van der Waals surface area contributed by atoms with Crippen LogP contribution in [0.5, 0.6) is 5.75 Å². The lowest BCUT2D eigenvalue weighted by Gasteiger charge is -2.38. The maximum atomic E-state index is 14.0. The number of carbonyl (C=O) groups excluding carboxylic acids is 3. The molecule has 210 valence electrons. The molecule has 8 nitrogen and oxygen atoms in total. The van der Waals surface area contributed by atoms with Crippen LogP contribution in [0, 0.1) is 17.8 Å². The molecule has 9 heteroatoms. The molecule has 3 aliphatic heterocycles. The van der Waals surface area contributed by atoms with Gasteiger partial charge in [-0.2, -0.15) is 0 Å². The molecule has 3 fully saturated rings. The molecular formula is C29H43N3O5S. The van der Waals surface area contributed by atoms with Gasteiger partial charge in [0, 0.05) is 30.6 Å². The van der Waals surface area contributed by atoms with E-state index >= 15 is 0 Å². The summed E-state index contributed by atoms with van der Waals surface area (Å²) in [6, 6.07) is 6.71. The molecule has 3 saturated heterocycles. The van der Waals surface area contributed by atoms with Gasteiger partial charge in [0.05, 0.1) is 23.2 Å². The fraction of sp³-hybridized carbons (Fsp3) is 0.690. The molecule has 3 unspecified atom stereocenters. The lowest BCUT2D eigenvalue weighted by Crippen LogP contribution is -2.56. The zero-order valence-corrected chi connectivity index (χ0v) is 23.7. The summed E-state index contributed by atoms with van der Waals surface area (Å²) in [6.45, 7) is 7.94. The summed E-state index contributed by atoms with van der Waals surface area (Å²) < 4.78 is 4.90. The highest BCUT2D eigenvalue weighted by Crippen LogP contribution is 2.68. The molecule has 1 spiro atoms. The van der Waals surface area contributed by atoms with Crippen molar-refractivity contribution in [2.24, 2.45) is 17.8 Å². The number of nitrogens with zero attached hydrogens (tertiary/aromatic N) is 1. The summed E-state index contributed by atoms with van der Waals surface area (Å²) in [5.41, 5.74) is 0.671. The minimum atomic E-state index is -0.603. The van der Waals surface area contributed by atoms with Gasteiger partial charge < -0.3 is 25.4 Å². The van der Waals surface area contributed by atoms with Crippen LogP contribution < -0.4 is 15.4 Å². The normalized spacial score (nSPS) is 29.4. The Labute approximate surface area is 230 Å². The lowest BCUT2D eigenvalue weighted by atomic mass is 9.66. The summed E-state index contributed by atoms with van der Waals surface area (Å²) in [7, 11) is 0. The predicted octanol–water partition coefficient (Wildman–Crippen LogP) is 3.83. The second-order valence-corrected chi connectivity index (χ2v) is 12.4. The van der Waals surface area contributed by atoms with Gasteiger partial charge in [-0.1, -0.05) is 26.7 Å². The van der Waals surface area contributed by atoms with Gasteiger partial charge in [0.15, 0.2) is 0 Å². The van der Waals surface area contributed by atoms with E-state index in [2.05, 4.69) is 24.5 Å². The van der Waals surface area contributed by atoms with E-state index in [-0.39, 0.29) is 35.5 Å². The van der Waals surface area contributed by atoms with Crippen molar-refractivity contribution in [1.82, 2.24) is 10.2 Å². The number of anilines is 1. The first kappa shape index (κ1) is 28.7. The summed E-state index contributed by atoms with van der Waals surface area (Å²) in [5.74, 6) is -0.425. The predicted molar refractivity (Wildman–Crippen MR) is 150 cm³/mol. The van der Waals surface area contributed by atoms with Gasteiger partial charge in [-0.05, 0) is 69.2 Å². The number of benzene rings is 1. The Morgan fingerprint density at radius 2 is 1.87 bits per heavy atom. The zero-order valence-electron chi connectivity index (χ0n) is 22.9. The van der Waals surface area contributed by atoms with E-state index in [4.69, 9.17) is 4.74 Å². The first-order valence-electron chi connectivity index (χ1n) is 14.3. The van der Waals surface area contributed by atoms with Crippen LogP contribution in [0.15, 0.2) is 24.3 Å². The fourth-order valence-corrected chi connectivity index (χ4v) is 9.06. The van der Waals surface area contributed by atoms with Crippen molar-refractivity contribution < 1.29 is 24.2 Å². The molecule has 3 heterocycles. The highest BCUT2D eigenvalue weighted by atomic mass is 32.2. The van der Waals surface area contributed by atoms with Gasteiger partial charge in [-0.15, -0.1) is 11.8 Å². The van der Waals surface area contributed by atoms with Crippen molar-refractivity contribution in [2.75, 3.05) is 31.6 Å². The minimum Gasteiger partial charge on any atom is -0.494 e. The Morgan fingerprint density at radius 3 is 2.55 bits per heavy atom. The second kappa shape index (κ2) is 12.7. The maximum absolute atomic E-state index is 14.0. The molecule has 3 aliphatic rings. The van der Waals surface area contributed by atoms with E-state index in [0.29, 0.717) is 31.8 Å². The Kier molecular flexibility index (Phi) is 9.63. The summed E-state index contributed by atoms with van der Waals surface area (Å²) in [5, 5.41) is 15.4. The molecular weight excluding hydrogens is 502 g/mol. The smallest absolute Gasteiger partial charge is 0.244 e. The minimum absolute atomic E-state index is 0.00794. The summed E-state index contributed by atoms with van der Waals surface area (Å²) in [4.78, 5) is 43.2. The number of ether oxygens (including phenoxy) is 1. The van der Waals surface area contributed by atoms with Gasteiger partial charge in [0.2, 0.25) is 17.7 Å². The van der Waals surface area contributed by atoms with E-state index in [0.717, 1.165) is 44.3 Å². The number of aliphatic hydroxyl groups is 1. The van der Waals surface area contributed by atoms with Gasteiger partial charge in [0.25, 0.3) is 0 Å². The van der Waals surface area contributed by atoms with Crippen LogP contribution in [0.3, 0.4) is 0 Å². The van der Waals surface area contributed by atoms with Crippen molar-refractivity contribution in [3.63, 3.8) is 0 Å². The number of thioether (sulfide) groups is 1. The maximum Gasteiger partial charge on any atom is 0.244 e. The van der Waals surface area contributed by atoms with Gasteiger partial charge in [-0.25, -0.2) is 0 Å². The highest BCUT2D eigenvalue weighted by molar-refractivity contribution is 8.02. The summed E-state index contributed by atoms with van der Waals surface area (Å²) in [6.07, 6.45) is 6.02. The average molecular weight is 546 g/mol. The molecule has 2 bridgehead atoms.